The molecule has 0 amide bonds. The van der Waals surface area contributed by atoms with Gasteiger partial charge in [0.15, 0.2) is 0 Å². The minimum absolute atomic E-state index is 0.0894. The van der Waals surface area contributed by atoms with Crippen LogP contribution < -0.4 is 0 Å². The summed E-state index contributed by atoms with van der Waals surface area (Å²) in [5.41, 5.74) is 1.51. The second kappa shape index (κ2) is 5.63. The second-order valence-corrected chi connectivity index (χ2v) is 4.84. The number of hydrogen-bond donors (Lipinski definition) is 2. The molecule has 0 aliphatic heterocycles. The zero-order chi connectivity index (χ0) is 15.6. The highest BCUT2D eigenvalue weighted by Gasteiger charge is 2.30. The molecule has 2 aromatic rings. The van der Waals surface area contributed by atoms with Gasteiger partial charge in [-0.15, -0.1) is 0 Å². The monoisotopic (exact) mass is 297 g/mol. The molecule has 3 nitrogen and oxygen atoms in total. The van der Waals surface area contributed by atoms with Crippen LogP contribution in [0, 0.1) is 6.92 Å². The first-order valence-corrected chi connectivity index (χ1v) is 6.35. The van der Waals surface area contributed by atoms with E-state index in [9.17, 15) is 18.0 Å². The Hall–Kier alpha value is -2.24. The molecule has 0 saturated carbocycles. The molecule has 0 aliphatic carbocycles. The fourth-order valence-corrected chi connectivity index (χ4v) is 2.16. The van der Waals surface area contributed by atoms with Crippen LogP contribution in [0.5, 0.6) is 0 Å². The van der Waals surface area contributed by atoms with Gasteiger partial charge in [-0.1, -0.05) is 18.2 Å². The largest absolute Gasteiger partial charge is 0.477 e. The standard InChI is InChI=1S/C15H14F3NO2/c1-9-11(8-13(19-9)14(20)21)6-5-10-3-2-4-12(7-10)15(16,17)18/h2-4,7-8,19H,5-6H2,1H3,(H,20,21). The molecule has 2 N–H and O–H groups in total. The average molecular weight is 297 g/mol. The number of carboxylic acids is 1. The van der Waals surface area contributed by atoms with Gasteiger partial charge in [-0.05, 0) is 43.0 Å². The molecule has 112 valence electrons. The van der Waals surface area contributed by atoms with E-state index in [-0.39, 0.29) is 5.69 Å². The molecule has 0 radical (unpaired) electrons. The summed E-state index contributed by atoms with van der Waals surface area (Å²) in [4.78, 5) is 13.6. The maximum atomic E-state index is 12.6. The molecule has 0 aliphatic rings. The number of rotatable bonds is 4. The number of alkyl halides is 3. The van der Waals surface area contributed by atoms with Crippen molar-refractivity contribution in [2.75, 3.05) is 0 Å². The van der Waals surface area contributed by atoms with Gasteiger partial charge in [-0.3, -0.25) is 0 Å². The first-order chi connectivity index (χ1) is 9.77. The van der Waals surface area contributed by atoms with Crippen LogP contribution in [0.1, 0.15) is 32.9 Å². The molecule has 0 unspecified atom stereocenters. The number of benzene rings is 1. The number of aromatic amines is 1. The van der Waals surface area contributed by atoms with Gasteiger partial charge >= 0.3 is 12.1 Å². The van der Waals surface area contributed by atoms with Crippen LogP contribution in [-0.2, 0) is 19.0 Å². The Morgan fingerprint density at radius 1 is 1.24 bits per heavy atom. The number of H-pyrrole nitrogens is 1. The van der Waals surface area contributed by atoms with Gasteiger partial charge in [0.1, 0.15) is 5.69 Å². The summed E-state index contributed by atoms with van der Waals surface area (Å²) in [5, 5.41) is 8.88. The van der Waals surface area contributed by atoms with Crippen molar-refractivity contribution in [2.45, 2.75) is 25.9 Å². The van der Waals surface area contributed by atoms with Crippen LogP contribution in [-0.4, -0.2) is 16.1 Å². The Morgan fingerprint density at radius 2 is 1.95 bits per heavy atom. The lowest BCUT2D eigenvalue weighted by atomic mass is 10.0. The van der Waals surface area contributed by atoms with Crippen molar-refractivity contribution >= 4 is 5.97 Å². The average Bonchev–Trinajstić information content (AvgIpc) is 2.77. The predicted molar refractivity (Wildman–Crippen MR) is 71.3 cm³/mol. The van der Waals surface area contributed by atoms with Gasteiger partial charge in [0.2, 0.25) is 0 Å². The third-order valence-electron chi connectivity index (χ3n) is 3.29. The van der Waals surface area contributed by atoms with Crippen molar-refractivity contribution in [1.29, 1.82) is 0 Å². The third kappa shape index (κ3) is 3.65. The van der Waals surface area contributed by atoms with E-state index in [4.69, 9.17) is 5.11 Å². The van der Waals surface area contributed by atoms with Crippen molar-refractivity contribution in [3.63, 3.8) is 0 Å². The number of nitrogens with one attached hydrogen (secondary N) is 1. The van der Waals surface area contributed by atoms with E-state index in [1.54, 1.807) is 13.0 Å². The zero-order valence-corrected chi connectivity index (χ0v) is 11.3. The Bertz CT molecular complexity index is 659. The molecule has 0 spiro atoms. The highest BCUT2D eigenvalue weighted by Crippen LogP contribution is 2.29. The number of halogens is 3. The van der Waals surface area contributed by atoms with Gasteiger partial charge < -0.3 is 10.1 Å². The van der Waals surface area contributed by atoms with E-state index < -0.39 is 17.7 Å². The molecule has 1 aromatic carbocycles. The Kier molecular flexibility index (Phi) is 4.06. The van der Waals surface area contributed by atoms with Gasteiger partial charge in [0.05, 0.1) is 5.56 Å². The number of aromatic carboxylic acids is 1. The molecule has 0 bridgehead atoms. The summed E-state index contributed by atoms with van der Waals surface area (Å²) in [6, 6.07) is 6.69. The van der Waals surface area contributed by atoms with Crippen LogP contribution in [0.25, 0.3) is 0 Å². The summed E-state index contributed by atoms with van der Waals surface area (Å²) in [6.07, 6.45) is -3.45. The first-order valence-electron chi connectivity index (χ1n) is 6.35. The number of aromatic nitrogens is 1. The summed E-state index contributed by atoms with van der Waals surface area (Å²) >= 11 is 0. The molecule has 6 heteroatoms. The van der Waals surface area contributed by atoms with Gasteiger partial charge in [-0.25, -0.2) is 4.79 Å². The summed E-state index contributed by atoms with van der Waals surface area (Å²) in [7, 11) is 0. The zero-order valence-electron chi connectivity index (χ0n) is 11.3. The van der Waals surface area contributed by atoms with Crippen LogP contribution in [0.15, 0.2) is 30.3 Å². The van der Waals surface area contributed by atoms with E-state index in [1.165, 1.54) is 12.1 Å². The minimum atomic E-state index is -4.35. The van der Waals surface area contributed by atoms with E-state index >= 15 is 0 Å². The highest BCUT2D eigenvalue weighted by atomic mass is 19.4. The number of carbonyl (C=O) groups is 1. The van der Waals surface area contributed by atoms with Gasteiger partial charge in [0, 0.05) is 5.69 Å². The van der Waals surface area contributed by atoms with Crippen molar-refractivity contribution in [2.24, 2.45) is 0 Å². The number of carboxylic acid groups (broad SMARTS) is 1. The van der Waals surface area contributed by atoms with Crippen LogP contribution in [0.2, 0.25) is 0 Å². The SMILES string of the molecule is Cc1[nH]c(C(=O)O)cc1CCc1cccc(C(F)(F)F)c1. The smallest absolute Gasteiger partial charge is 0.416 e. The lowest BCUT2D eigenvalue weighted by Gasteiger charge is -2.08. The maximum absolute atomic E-state index is 12.6. The highest BCUT2D eigenvalue weighted by molar-refractivity contribution is 5.86. The number of aryl methyl sites for hydroxylation is 3. The maximum Gasteiger partial charge on any atom is 0.416 e. The summed E-state index contributed by atoms with van der Waals surface area (Å²) < 4.78 is 37.9. The Morgan fingerprint density at radius 3 is 2.52 bits per heavy atom. The second-order valence-electron chi connectivity index (χ2n) is 4.84. The van der Waals surface area contributed by atoms with Crippen molar-refractivity contribution in [3.8, 4) is 0 Å². The minimum Gasteiger partial charge on any atom is -0.477 e. The number of hydrogen-bond acceptors (Lipinski definition) is 1. The van der Waals surface area contributed by atoms with E-state index in [0.29, 0.717) is 18.4 Å². The van der Waals surface area contributed by atoms with E-state index in [1.807, 2.05) is 0 Å². The van der Waals surface area contributed by atoms with Crippen molar-refractivity contribution in [1.82, 2.24) is 4.98 Å². The molecule has 1 heterocycles. The fourth-order valence-electron chi connectivity index (χ4n) is 2.16. The van der Waals surface area contributed by atoms with Crippen LogP contribution in [0.3, 0.4) is 0 Å². The van der Waals surface area contributed by atoms with Crippen molar-refractivity contribution in [3.05, 3.63) is 58.4 Å². The van der Waals surface area contributed by atoms with Gasteiger partial charge in [0.25, 0.3) is 0 Å². The summed E-state index contributed by atoms with van der Waals surface area (Å²) in [6.45, 7) is 1.74. The molecule has 21 heavy (non-hydrogen) atoms. The fraction of sp³-hybridized carbons (Fsp3) is 0.267. The van der Waals surface area contributed by atoms with E-state index in [0.717, 1.165) is 23.4 Å². The lowest BCUT2D eigenvalue weighted by Crippen LogP contribution is -2.05. The molecule has 0 atom stereocenters. The van der Waals surface area contributed by atoms with Crippen LogP contribution in [0.4, 0.5) is 13.2 Å². The summed E-state index contributed by atoms with van der Waals surface area (Å²) in [5.74, 6) is -1.05. The quantitative estimate of drug-likeness (QED) is 0.901. The lowest BCUT2D eigenvalue weighted by molar-refractivity contribution is -0.137. The first kappa shape index (κ1) is 15.2. The predicted octanol–water partition coefficient (Wildman–Crippen LogP) is 3.83. The molecule has 2 rings (SSSR count). The molecule has 0 saturated heterocycles. The molecular formula is C15H14F3NO2. The third-order valence-corrected chi connectivity index (χ3v) is 3.29. The normalized spacial score (nSPS) is 11.6. The topological polar surface area (TPSA) is 53.1 Å². The van der Waals surface area contributed by atoms with Gasteiger partial charge in [-0.2, -0.15) is 13.2 Å². The molecule has 0 fully saturated rings. The van der Waals surface area contributed by atoms with Crippen molar-refractivity contribution < 1.29 is 23.1 Å². The molecular weight excluding hydrogens is 283 g/mol. The Labute approximate surface area is 119 Å². The van der Waals surface area contributed by atoms with Crippen LogP contribution >= 0.6 is 0 Å². The van der Waals surface area contributed by atoms with E-state index in [2.05, 4.69) is 4.98 Å². The molecule has 1 aromatic heterocycles. The Balaban J connectivity index is 2.12.